The van der Waals surface area contributed by atoms with Crippen LogP contribution in [0.2, 0.25) is 0 Å². The van der Waals surface area contributed by atoms with Gasteiger partial charge in [0.1, 0.15) is 0 Å². The quantitative estimate of drug-likeness (QED) is 0.698. The molecule has 0 aromatic heterocycles. The second kappa shape index (κ2) is 9.04. The van der Waals surface area contributed by atoms with Crippen molar-refractivity contribution in [2.75, 3.05) is 22.5 Å². The molecule has 5 nitrogen and oxygen atoms in total. The zero-order valence-electron chi connectivity index (χ0n) is 15.8. The molecule has 2 aromatic rings. The molecule has 0 spiro atoms. The first-order chi connectivity index (χ1) is 12.4. The van der Waals surface area contributed by atoms with E-state index in [1.54, 1.807) is 24.3 Å². The largest absolute Gasteiger partial charge is 0.376 e. The van der Waals surface area contributed by atoms with Gasteiger partial charge in [0.2, 0.25) is 11.8 Å². The minimum absolute atomic E-state index is 0.0315. The first-order valence-corrected chi connectivity index (χ1v) is 8.93. The third-order valence-electron chi connectivity index (χ3n) is 4.13. The monoisotopic (exact) mass is 353 g/mol. The second-order valence-electron chi connectivity index (χ2n) is 6.59. The number of carbonyl (C=O) groups excluding carboxylic acids is 2. The smallest absolute Gasteiger partial charge is 0.243 e. The van der Waals surface area contributed by atoms with E-state index >= 15 is 0 Å². The molecular formula is C21H27N3O2. The van der Waals surface area contributed by atoms with Gasteiger partial charge in [-0.2, -0.15) is 0 Å². The number of para-hydroxylation sites is 1. The third-order valence-corrected chi connectivity index (χ3v) is 4.13. The van der Waals surface area contributed by atoms with Crippen molar-refractivity contribution in [3.05, 3.63) is 53.6 Å². The lowest BCUT2D eigenvalue weighted by molar-refractivity contribution is -0.119. The van der Waals surface area contributed by atoms with Crippen LogP contribution in [0.3, 0.4) is 0 Å². The lowest BCUT2D eigenvalue weighted by atomic mass is 10.1. The Morgan fingerprint density at radius 3 is 2.15 bits per heavy atom. The predicted molar refractivity (Wildman–Crippen MR) is 108 cm³/mol. The van der Waals surface area contributed by atoms with Crippen molar-refractivity contribution in [3.63, 3.8) is 0 Å². The van der Waals surface area contributed by atoms with E-state index in [1.165, 1.54) is 5.56 Å². The molecule has 0 aliphatic rings. The highest BCUT2D eigenvalue weighted by atomic mass is 16.2. The number of aryl methyl sites for hydroxylation is 2. The minimum atomic E-state index is -0.116. The maximum absolute atomic E-state index is 12.2. The molecule has 3 N–H and O–H groups in total. The van der Waals surface area contributed by atoms with E-state index in [2.05, 4.69) is 28.9 Å². The lowest BCUT2D eigenvalue weighted by Gasteiger charge is -2.14. The van der Waals surface area contributed by atoms with Crippen LogP contribution in [-0.4, -0.2) is 18.4 Å². The second-order valence-corrected chi connectivity index (χ2v) is 6.59. The van der Waals surface area contributed by atoms with Crippen LogP contribution in [0.25, 0.3) is 0 Å². The van der Waals surface area contributed by atoms with E-state index in [9.17, 15) is 9.59 Å². The van der Waals surface area contributed by atoms with Gasteiger partial charge in [-0.25, -0.2) is 0 Å². The van der Waals surface area contributed by atoms with Gasteiger partial charge in [0.05, 0.1) is 6.54 Å². The normalized spacial score (nSPS) is 10.5. The maximum Gasteiger partial charge on any atom is 0.243 e. The summed E-state index contributed by atoms with van der Waals surface area (Å²) in [4.78, 5) is 23.9. The van der Waals surface area contributed by atoms with E-state index in [-0.39, 0.29) is 24.3 Å². The fourth-order valence-corrected chi connectivity index (χ4v) is 2.57. The van der Waals surface area contributed by atoms with Gasteiger partial charge in [-0.3, -0.25) is 9.59 Å². The molecule has 0 heterocycles. The number of anilines is 3. The molecule has 0 unspecified atom stereocenters. The molecule has 2 amide bonds. The number of amides is 2. The van der Waals surface area contributed by atoms with Gasteiger partial charge in [-0.1, -0.05) is 39.0 Å². The SMILES string of the molecule is CCc1cccc(C)c1NCC(=O)Nc1ccc(NC(=O)C(C)C)cc1. The molecule has 0 aliphatic heterocycles. The van der Waals surface area contributed by atoms with Gasteiger partial charge in [-0.05, 0) is 48.7 Å². The van der Waals surface area contributed by atoms with Gasteiger partial charge in [0.15, 0.2) is 0 Å². The Morgan fingerprint density at radius 1 is 0.962 bits per heavy atom. The molecule has 0 saturated heterocycles. The first-order valence-electron chi connectivity index (χ1n) is 8.93. The Morgan fingerprint density at radius 2 is 1.58 bits per heavy atom. The van der Waals surface area contributed by atoms with Crippen molar-refractivity contribution >= 4 is 28.9 Å². The summed E-state index contributed by atoms with van der Waals surface area (Å²) in [6.07, 6.45) is 0.912. The van der Waals surface area contributed by atoms with Crippen molar-refractivity contribution in [3.8, 4) is 0 Å². The molecule has 26 heavy (non-hydrogen) atoms. The van der Waals surface area contributed by atoms with Crippen LogP contribution in [0.15, 0.2) is 42.5 Å². The number of hydrogen-bond donors (Lipinski definition) is 3. The molecule has 0 saturated carbocycles. The van der Waals surface area contributed by atoms with Crippen molar-refractivity contribution in [1.82, 2.24) is 0 Å². The molecule has 2 aromatic carbocycles. The van der Waals surface area contributed by atoms with Crippen molar-refractivity contribution in [2.24, 2.45) is 5.92 Å². The van der Waals surface area contributed by atoms with Crippen LogP contribution in [0.1, 0.15) is 31.9 Å². The zero-order valence-corrected chi connectivity index (χ0v) is 15.8. The molecule has 0 aliphatic carbocycles. The Balaban J connectivity index is 1.91. The van der Waals surface area contributed by atoms with Crippen LogP contribution >= 0.6 is 0 Å². The Kier molecular flexibility index (Phi) is 6.78. The van der Waals surface area contributed by atoms with Gasteiger partial charge in [-0.15, -0.1) is 0 Å². The third kappa shape index (κ3) is 5.34. The average Bonchev–Trinajstić information content (AvgIpc) is 2.62. The number of benzene rings is 2. The van der Waals surface area contributed by atoms with E-state index in [4.69, 9.17) is 0 Å². The summed E-state index contributed by atoms with van der Waals surface area (Å²) in [7, 11) is 0. The predicted octanol–water partition coefficient (Wildman–Crippen LogP) is 4.20. The summed E-state index contributed by atoms with van der Waals surface area (Å²) < 4.78 is 0. The zero-order chi connectivity index (χ0) is 19.1. The summed E-state index contributed by atoms with van der Waals surface area (Å²) in [6, 6.07) is 13.2. The van der Waals surface area contributed by atoms with Crippen LogP contribution in [-0.2, 0) is 16.0 Å². The molecular weight excluding hydrogens is 326 g/mol. The maximum atomic E-state index is 12.2. The van der Waals surface area contributed by atoms with Crippen LogP contribution in [0.4, 0.5) is 17.1 Å². The molecule has 0 fully saturated rings. The van der Waals surface area contributed by atoms with Gasteiger partial charge in [0.25, 0.3) is 0 Å². The molecule has 138 valence electrons. The molecule has 0 bridgehead atoms. The van der Waals surface area contributed by atoms with E-state index in [1.807, 2.05) is 32.9 Å². The fourth-order valence-electron chi connectivity index (χ4n) is 2.57. The van der Waals surface area contributed by atoms with Crippen LogP contribution in [0, 0.1) is 12.8 Å². The van der Waals surface area contributed by atoms with Crippen LogP contribution in [0.5, 0.6) is 0 Å². The summed E-state index contributed by atoms with van der Waals surface area (Å²) >= 11 is 0. The van der Waals surface area contributed by atoms with Crippen molar-refractivity contribution < 1.29 is 9.59 Å². The van der Waals surface area contributed by atoms with E-state index in [0.29, 0.717) is 11.4 Å². The van der Waals surface area contributed by atoms with E-state index in [0.717, 1.165) is 17.7 Å². The number of nitrogens with one attached hydrogen (secondary N) is 3. The van der Waals surface area contributed by atoms with E-state index < -0.39 is 0 Å². The van der Waals surface area contributed by atoms with Crippen molar-refractivity contribution in [1.29, 1.82) is 0 Å². The molecule has 0 atom stereocenters. The fraction of sp³-hybridized carbons (Fsp3) is 0.333. The standard InChI is InChI=1S/C21H27N3O2/c1-5-16-8-6-7-15(4)20(16)22-13-19(25)23-17-9-11-18(12-10-17)24-21(26)14(2)3/h6-12,14,22H,5,13H2,1-4H3,(H,23,25)(H,24,26). The van der Waals surface area contributed by atoms with Gasteiger partial charge in [0, 0.05) is 23.0 Å². The Labute approximate surface area is 155 Å². The highest BCUT2D eigenvalue weighted by molar-refractivity contribution is 5.95. The highest BCUT2D eigenvalue weighted by Crippen LogP contribution is 2.21. The van der Waals surface area contributed by atoms with Crippen molar-refractivity contribution in [2.45, 2.75) is 34.1 Å². The average molecular weight is 353 g/mol. The summed E-state index contributed by atoms with van der Waals surface area (Å²) in [5.74, 6) is -0.222. The summed E-state index contributed by atoms with van der Waals surface area (Å²) in [5.41, 5.74) is 4.76. The summed E-state index contributed by atoms with van der Waals surface area (Å²) in [6.45, 7) is 8.01. The lowest BCUT2D eigenvalue weighted by Crippen LogP contribution is -2.22. The first kappa shape index (κ1) is 19.5. The minimum Gasteiger partial charge on any atom is -0.376 e. The van der Waals surface area contributed by atoms with Gasteiger partial charge >= 0.3 is 0 Å². The number of hydrogen-bond acceptors (Lipinski definition) is 3. The molecule has 2 rings (SSSR count). The topological polar surface area (TPSA) is 70.2 Å². The molecule has 5 heteroatoms. The number of carbonyl (C=O) groups is 2. The molecule has 0 radical (unpaired) electrons. The van der Waals surface area contributed by atoms with Crippen LogP contribution < -0.4 is 16.0 Å². The summed E-state index contributed by atoms with van der Waals surface area (Å²) in [5, 5.41) is 8.92. The Hall–Kier alpha value is -2.82. The number of rotatable bonds is 7. The highest BCUT2D eigenvalue weighted by Gasteiger charge is 2.09. The van der Waals surface area contributed by atoms with Gasteiger partial charge < -0.3 is 16.0 Å². The Bertz CT molecular complexity index is 767.